The maximum absolute atomic E-state index is 13.6. The summed E-state index contributed by atoms with van der Waals surface area (Å²) in [6.07, 6.45) is 1.59. The number of nitrogens with zero attached hydrogens (tertiary/aromatic N) is 2. The number of carbonyl (C=O) groups is 1. The minimum atomic E-state index is -0.208. The van der Waals surface area contributed by atoms with Crippen LogP contribution in [0.2, 0.25) is 10.0 Å². The highest BCUT2D eigenvalue weighted by Gasteiger charge is 2.27. The molecule has 5 rings (SSSR count). The van der Waals surface area contributed by atoms with Gasteiger partial charge in [-0.15, -0.1) is 11.3 Å². The number of aryl methyl sites for hydroxylation is 1. The van der Waals surface area contributed by atoms with Gasteiger partial charge in [0.1, 0.15) is 10.6 Å². The van der Waals surface area contributed by atoms with Crippen molar-refractivity contribution in [2.45, 2.75) is 13.5 Å². The van der Waals surface area contributed by atoms with Crippen LogP contribution in [-0.4, -0.2) is 10.9 Å². The van der Waals surface area contributed by atoms with Gasteiger partial charge in [-0.3, -0.25) is 9.69 Å². The number of aromatic nitrogens is 1. The molecule has 0 aliphatic heterocycles. The average Bonchev–Trinajstić information content (AvgIpc) is 3.45. The van der Waals surface area contributed by atoms with Gasteiger partial charge in [-0.05, 0) is 42.8 Å². The Balaban J connectivity index is 1.64. The second-order valence-corrected chi connectivity index (χ2v) is 9.65. The van der Waals surface area contributed by atoms with Gasteiger partial charge < -0.3 is 4.42 Å². The van der Waals surface area contributed by atoms with Crippen LogP contribution in [0.25, 0.3) is 20.3 Å². The zero-order valence-corrected chi connectivity index (χ0v) is 18.8. The van der Waals surface area contributed by atoms with E-state index < -0.39 is 0 Å². The van der Waals surface area contributed by atoms with Crippen LogP contribution in [0, 0.1) is 6.92 Å². The predicted molar refractivity (Wildman–Crippen MR) is 125 cm³/mol. The topological polar surface area (TPSA) is 46.3 Å². The highest BCUT2D eigenvalue weighted by Crippen LogP contribution is 2.39. The van der Waals surface area contributed by atoms with Gasteiger partial charge in [-0.25, -0.2) is 4.98 Å². The van der Waals surface area contributed by atoms with Crippen molar-refractivity contribution in [2.24, 2.45) is 0 Å². The van der Waals surface area contributed by atoms with Crippen LogP contribution in [0.15, 0.2) is 59.2 Å². The second-order valence-electron chi connectivity index (χ2n) is 6.78. The maximum atomic E-state index is 13.6. The number of benzene rings is 2. The fourth-order valence-electron chi connectivity index (χ4n) is 3.32. The van der Waals surface area contributed by atoms with Gasteiger partial charge in [0.05, 0.1) is 28.0 Å². The second kappa shape index (κ2) is 7.71. The molecule has 2 aromatic carbocycles. The van der Waals surface area contributed by atoms with Gasteiger partial charge in [0.25, 0.3) is 5.91 Å². The molecule has 3 heterocycles. The normalized spacial score (nSPS) is 11.4. The third-order valence-corrected chi connectivity index (χ3v) is 7.65. The molecule has 0 spiro atoms. The number of halogens is 2. The Bertz CT molecular complexity index is 1390. The quantitative estimate of drug-likeness (QED) is 0.271. The minimum Gasteiger partial charge on any atom is -0.467 e. The molecule has 4 nitrogen and oxygen atoms in total. The highest BCUT2D eigenvalue weighted by molar-refractivity contribution is 7.23. The predicted octanol–water partition coefficient (Wildman–Crippen LogP) is 7.57. The van der Waals surface area contributed by atoms with Crippen molar-refractivity contribution in [2.75, 3.05) is 4.90 Å². The van der Waals surface area contributed by atoms with E-state index in [1.54, 1.807) is 17.2 Å². The van der Waals surface area contributed by atoms with Gasteiger partial charge in [-0.2, -0.15) is 0 Å². The number of thiophene rings is 1. The highest BCUT2D eigenvalue weighted by atomic mass is 35.5. The molecule has 150 valence electrons. The number of amides is 1. The molecule has 0 saturated carbocycles. The third-order valence-electron chi connectivity index (χ3n) is 4.74. The van der Waals surface area contributed by atoms with Crippen molar-refractivity contribution in [3.63, 3.8) is 0 Å². The minimum absolute atomic E-state index is 0.208. The molecule has 0 fully saturated rings. The molecule has 0 saturated heterocycles. The van der Waals surface area contributed by atoms with Crippen molar-refractivity contribution >= 4 is 77.2 Å². The number of anilines is 1. The van der Waals surface area contributed by atoms with E-state index in [1.165, 1.54) is 22.7 Å². The first kappa shape index (κ1) is 19.6. The van der Waals surface area contributed by atoms with Crippen LogP contribution < -0.4 is 4.90 Å². The first-order chi connectivity index (χ1) is 14.5. The number of furan rings is 1. The molecule has 0 atom stereocenters. The van der Waals surface area contributed by atoms with Crippen molar-refractivity contribution in [3.05, 3.63) is 81.0 Å². The number of rotatable bonds is 4. The molecule has 3 aromatic heterocycles. The van der Waals surface area contributed by atoms with Crippen molar-refractivity contribution in [1.82, 2.24) is 4.98 Å². The van der Waals surface area contributed by atoms with E-state index >= 15 is 0 Å². The lowest BCUT2D eigenvalue weighted by Gasteiger charge is -2.18. The summed E-state index contributed by atoms with van der Waals surface area (Å²) in [5.41, 5.74) is 1.80. The Morgan fingerprint density at radius 1 is 1.10 bits per heavy atom. The van der Waals surface area contributed by atoms with Gasteiger partial charge in [-0.1, -0.05) is 52.7 Å². The zero-order chi connectivity index (χ0) is 20.8. The largest absolute Gasteiger partial charge is 0.467 e. The van der Waals surface area contributed by atoms with E-state index in [1.807, 2.05) is 49.4 Å². The summed E-state index contributed by atoms with van der Waals surface area (Å²) >= 11 is 15.6. The van der Waals surface area contributed by atoms with Crippen LogP contribution >= 0.6 is 45.9 Å². The molecule has 0 N–H and O–H groups in total. The SMILES string of the molecule is Cc1cc(Cl)cc2sc(N(Cc3ccco3)C(=O)c3sc4ccccc4c3Cl)nc12. The van der Waals surface area contributed by atoms with Gasteiger partial charge in [0, 0.05) is 15.1 Å². The van der Waals surface area contributed by atoms with Crippen molar-refractivity contribution < 1.29 is 9.21 Å². The van der Waals surface area contributed by atoms with E-state index in [2.05, 4.69) is 0 Å². The van der Waals surface area contributed by atoms with Crippen LogP contribution in [0.4, 0.5) is 5.13 Å². The summed E-state index contributed by atoms with van der Waals surface area (Å²) in [6, 6.07) is 15.1. The van der Waals surface area contributed by atoms with E-state index in [4.69, 9.17) is 32.6 Å². The molecule has 8 heteroatoms. The van der Waals surface area contributed by atoms with Crippen LogP contribution in [0.3, 0.4) is 0 Å². The lowest BCUT2D eigenvalue weighted by atomic mass is 10.2. The average molecular weight is 473 g/mol. The lowest BCUT2D eigenvalue weighted by Crippen LogP contribution is -2.29. The standard InChI is InChI=1S/C22H14Cl2N2O2S2/c1-12-9-13(23)10-17-19(12)25-22(30-17)26(11-14-5-4-8-28-14)21(27)20-18(24)15-6-2-3-7-16(15)29-20/h2-10H,11H2,1H3. The van der Waals surface area contributed by atoms with Gasteiger partial charge in [0.15, 0.2) is 5.13 Å². The Morgan fingerprint density at radius 2 is 1.93 bits per heavy atom. The van der Waals surface area contributed by atoms with Crippen LogP contribution in [0.1, 0.15) is 21.0 Å². The van der Waals surface area contributed by atoms with Gasteiger partial charge in [0.2, 0.25) is 0 Å². The molecule has 0 radical (unpaired) electrons. The molecule has 1 amide bonds. The Kier molecular flexibility index (Phi) is 5.03. The third kappa shape index (κ3) is 3.40. The van der Waals surface area contributed by atoms with Crippen molar-refractivity contribution in [3.8, 4) is 0 Å². The van der Waals surface area contributed by atoms with E-state index in [-0.39, 0.29) is 12.5 Å². The molecule has 0 aliphatic rings. The Labute approximate surface area is 190 Å². The number of fused-ring (bicyclic) bond motifs is 2. The number of hydrogen-bond donors (Lipinski definition) is 0. The first-order valence-electron chi connectivity index (χ1n) is 9.09. The summed E-state index contributed by atoms with van der Waals surface area (Å²) in [6.45, 7) is 2.21. The Hall–Kier alpha value is -2.38. The number of carbonyl (C=O) groups excluding carboxylic acids is 1. The van der Waals surface area contributed by atoms with Crippen LogP contribution in [0.5, 0.6) is 0 Å². The maximum Gasteiger partial charge on any atom is 0.272 e. The summed E-state index contributed by atoms with van der Waals surface area (Å²) in [5, 5.41) is 2.56. The first-order valence-corrected chi connectivity index (χ1v) is 11.5. The summed E-state index contributed by atoms with van der Waals surface area (Å²) in [4.78, 5) is 20.5. The molecular weight excluding hydrogens is 459 g/mol. The van der Waals surface area contributed by atoms with Crippen molar-refractivity contribution in [1.29, 1.82) is 0 Å². The molecule has 0 unspecified atom stereocenters. The Morgan fingerprint density at radius 3 is 2.70 bits per heavy atom. The molecular formula is C22H14Cl2N2O2S2. The van der Waals surface area contributed by atoms with Gasteiger partial charge >= 0.3 is 0 Å². The molecule has 5 aromatic rings. The van der Waals surface area contributed by atoms with E-state index in [0.29, 0.717) is 25.8 Å². The summed E-state index contributed by atoms with van der Waals surface area (Å²) < 4.78 is 7.40. The van der Waals surface area contributed by atoms with E-state index in [0.717, 1.165) is 25.9 Å². The molecule has 0 bridgehead atoms. The summed E-state index contributed by atoms with van der Waals surface area (Å²) in [7, 11) is 0. The summed E-state index contributed by atoms with van der Waals surface area (Å²) in [5.74, 6) is 0.454. The smallest absolute Gasteiger partial charge is 0.272 e. The fourth-order valence-corrected chi connectivity index (χ4v) is 6.20. The number of hydrogen-bond acceptors (Lipinski definition) is 5. The number of thiazole rings is 1. The monoisotopic (exact) mass is 472 g/mol. The van der Waals surface area contributed by atoms with E-state index in [9.17, 15) is 4.79 Å². The fraction of sp³-hybridized carbons (Fsp3) is 0.0909. The van der Waals surface area contributed by atoms with Crippen LogP contribution in [-0.2, 0) is 6.54 Å². The molecule has 30 heavy (non-hydrogen) atoms. The zero-order valence-electron chi connectivity index (χ0n) is 15.7. The molecule has 0 aliphatic carbocycles. The lowest BCUT2D eigenvalue weighted by molar-refractivity contribution is 0.0987.